The predicted octanol–water partition coefficient (Wildman–Crippen LogP) is 4.05. The molecular weight excluding hydrogens is 304 g/mol. The van der Waals surface area contributed by atoms with Crippen LogP contribution in [0.4, 0.5) is 0 Å². The van der Waals surface area contributed by atoms with Crippen molar-refractivity contribution in [1.29, 1.82) is 0 Å². The first-order valence-corrected chi connectivity index (χ1v) is 9.00. The van der Waals surface area contributed by atoms with Gasteiger partial charge in [0.05, 0.1) is 19.1 Å². The van der Waals surface area contributed by atoms with Crippen LogP contribution in [0.1, 0.15) is 51.5 Å². The van der Waals surface area contributed by atoms with Crippen LogP contribution >= 0.6 is 0 Å². The summed E-state index contributed by atoms with van der Waals surface area (Å²) in [5.41, 5.74) is 1.07. The molecule has 1 saturated carbocycles. The van der Waals surface area contributed by atoms with E-state index in [0.29, 0.717) is 11.5 Å². The number of aliphatic carboxylic acids is 1. The molecule has 0 unspecified atom stereocenters. The van der Waals surface area contributed by atoms with E-state index < -0.39 is 11.4 Å². The summed E-state index contributed by atoms with van der Waals surface area (Å²) in [6.07, 6.45) is 10.8. The zero-order valence-corrected chi connectivity index (χ0v) is 14.6. The Morgan fingerprint density at radius 2 is 2.21 bits per heavy atom. The highest BCUT2D eigenvalue weighted by atomic mass is 16.4. The molecule has 0 bridgehead atoms. The molecule has 2 aliphatic carbocycles. The molecule has 1 aromatic rings. The second-order valence-corrected chi connectivity index (χ2v) is 7.94. The first-order valence-electron chi connectivity index (χ1n) is 9.00. The monoisotopic (exact) mass is 332 g/mol. The van der Waals surface area contributed by atoms with E-state index in [-0.39, 0.29) is 17.9 Å². The lowest BCUT2D eigenvalue weighted by molar-refractivity contribution is -0.139. The fourth-order valence-corrected chi connectivity index (χ4v) is 5.32. The summed E-state index contributed by atoms with van der Waals surface area (Å²) in [5.74, 6) is -0.135. The second kappa shape index (κ2) is 6.40. The molecule has 24 heavy (non-hydrogen) atoms. The van der Waals surface area contributed by atoms with Crippen molar-refractivity contribution >= 4 is 5.97 Å². The number of aliphatic hydroxyl groups excluding tert-OH is 1. The number of aliphatic hydroxyl groups is 1. The number of carboxylic acid groups (broad SMARTS) is 1. The lowest BCUT2D eigenvalue weighted by atomic mass is 9.46. The first-order chi connectivity index (χ1) is 11.4. The van der Waals surface area contributed by atoms with Crippen molar-refractivity contribution in [2.24, 2.45) is 22.7 Å². The van der Waals surface area contributed by atoms with Crippen LogP contribution in [0.3, 0.4) is 0 Å². The van der Waals surface area contributed by atoms with Gasteiger partial charge in [-0.05, 0) is 67.4 Å². The molecule has 1 aromatic heterocycles. The van der Waals surface area contributed by atoms with Crippen LogP contribution in [-0.4, -0.2) is 22.8 Å². The van der Waals surface area contributed by atoms with Crippen molar-refractivity contribution in [3.05, 3.63) is 35.8 Å². The van der Waals surface area contributed by atoms with Crippen LogP contribution in [0.5, 0.6) is 0 Å². The Kier molecular flexibility index (Phi) is 4.60. The van der Waals surface area contributed by atoms with E-state index in [2.05, 4.69) is 13.8 Å². The Morgan fingerprint density at radius 3 is 2.83 bits per heavy atom. The van der Waals surface area contributed by atoms with E-state index in [1.54, 1.807) is 12.5 Å². The molecule has 2 N–H and O–H groups in total. The Balaban J connectivity index is 1.93. The summed E-state index contributed by atoms with van der Waals surface area (Å²) in [6.45, 7) is 4.52. The average Bonchev–Trinajstić information content (AvgIpc) is 3.09. The van der Waals surface area contributed by atoms with Gasteiger partial charge in [-0.2, -0.15) is 0 Å². The highest BCUT2D eigenvalue weighted by Crippen LogP contribution is 2.61. The van der Waals surface area contributed by atoms with Crippen LogP contribution in [0.15, 0.2) is 34.7 Å². The molecule has 0 aromatic carbocycles. The van der Waals surface area contributed by atoms with E-state index in [9.17, 15) is 15.0 Å². The number of aryl methyl sites for hydroxylation is 1. The highest BCUT2D eigenvalue weighted by Gasteiger charge is 2.57. The molecule has 1 fully saturated rings. The van der Waals surface area contributed by atoms with E-state index >= 15 is 0 Å². The minimum Gasteiger partial charge on any atom is -0.478 e. The maximum Gasteiger partial charge on any atom is 0.331 e. The Labute approximate surface area is 143 Å². The number of carbonyl (C=O) groups is 1. The summed E-state index contributed by atoms with van der Waals surface area (Å²) < 4.78 is 5.18. The van der Waals surface area contributed by atoms with E-state index in [4.69, 9.17) is 4.42 Å². The van der Waals surface area contributed by atoms with Crippen LogP contribution in [0.25, 0.3) is 0 Å². The Bertz CT molecular complexity index is 618. The fraction of sp³-hybridized carbons (Fsp3) is 0.650. The molecular formula is C20H28O4. The smallest absolute Gasteiger partial charge is 0.331 e. The normalized spacial score (nSPS) is 36.0. The van der Waals surface area contributed by atoms with Gasteiger partial charge in [-0.3, -0.25) is 0 Å². The maximum absolute atomic E-state index is 11.8. The number of hydrogen-bond donors (Lipinski definition) is 2. The maximum atomic E-state index is 11.8. The van der Waals surface area contributed by atoms with E-state index in [1.807, 2.05) is 12.1 Å². The quantitative estimate of drug-likeness (QED) is 0.853. The second-order valence-electron chi connectivity index (χ2n) is 7.94. The highest BCUT2D eigenvalue weighted by molar-refractivity contribution is 5.88. The number of furan rings is 1. The molecule has 3 rings (SSSR count). The van der Waals surface area contributed by atoms with Crippen molar-refractivity contribution in [2.45, 2.75) is 52.4 Å². The number of allylic oxidation sites excluding steroid dienone is 1. The minimum absolute atomic E-state index is 0.0210. The summed E-state index contributed by atoms with van der Waals surface area (Å²) in [4.78, 5) is 11.8. The van der Waals surface area contributed by atoms with Crippen molar-refractivity contribution in [2.75, 3.05) is 6.61 Å². The van der Waals surface area contributed by atoms with Crippen molar-refractivity contribution in [3.8, 4) is 0 Å². The van der Waals surface area contributed by atoms with Crippen LogP contribution in [0, 0.1) is 22.7 Å². The van der Waals surface area contributed by atoms with E-state index in [1.165, 1.54) is 5.56 Å². The zero-order chi connectivity index (χ0) is 17.4. The van der Waals surface area contributed by atoms with Gasteiger partial charge in [-0.25, -0.2) is 4.79 Å². The largest absolute Gasteiger partial charge is 0.478 e. The molecule has 0 radical (unpaired) electrons. The Morgan fingerprint density at radius 1 is 1.42 bits per heavy atom. The van der Waals surface area contributed by atoms with Crippen molar-refractivity contribution in [1.82, 2.24) is 0 Å². The molecule has 0 amide bonds. The fourth-order valence-electron chi connectivity index (χ4n) is 5.32. The third-order valence-electron chi connectivity index (χ3n) is 7.00. The lowest BCUT2D eigenvalue weighted by Crippen LogP contribution is -2.54. The molecule has 1 heterocycles. The predicted molar refractivity (Wildman–Crippen MR) is 91.5 cm³/mol. The number of fused-ring (bicyclic) bond motifs is 1. The summed E-state index contributed by atoms with van der Waals surface area (Å²) in [7, 11) is 0. The molecule has 4 heteroatoms. The van der Waals surface area contributed by atoms with Crippen LogP contribution in [-0.2, 0) is 11.2 Å². The Hall–Kier alpha value is -1.55. The molecule has 4 atom stereocenters. The van der Waals surface area contributed by atoms with Gasteiger partial charge in [0.25, 0.3) is 0 Å². The summed E-state index contributed by atoms with van der Waals surface area (Å²) >= 11 is 0. The summed E-state index contributed by atoms with van der Waals surface area (Å²) in [6, 6.07) is 2.00. The van der Waals surface area contributed by atoms with Crippen molar-refractivity contribution < 1.29 is 19.4 Å². The number of hydrogen-bond acceptors (Lipinski definition) is 3. The molecule has 0 aliphatic heterocycles. The SMILES string of the molecule is C[C@@H]1CC[C@@]2(CO)C(C(=O)O)=CCC[C@H]2[C@@]1(C)CCc1ccoc1. The zero-order valence-electron chi connectivity index (χ0n) is 14.6. The van der Waals surface area contributed by atoms with Gasteiger partial charge in [0.15, 0.2) is 0 Å². The molecule has 2 aliphatic rings. The third-order valence-corrected chi connectivity index (χ3v) is 7.00. The topological polar surface area (TPSA) is 70.7 Å². The van der Waals surface area contributed by atoms with Gasteiger partial charge in [-0.15, -0.1) is 0 Å². The van der Waals surface area contributed by atoms with Gasteiger partial charge >= 0.3 is 5.97 Å². The standard InChI is InChI=1S/C20H28O4/c1-14-6-10-20(13-21)16(18(22)23)4-3-5-17(20)19(14,2)9-7-15-8-11-24-12-15/h4,8,11-12,14,17,21H,3,5-7,9-10,13H2,1-2H3,(H,22,23)/t14-,17+,19+,20-/m1/s1. The first kappa shape index (κ1) is 17.3. The lowest BCUT2D eigenvalue weighted by Gasteiger charge is -2.58. The number of rotatable bonds is 5. The third kappa shape index (κ3) is 2.61. The van der Waals surface area contributed by atoms with Gasteiger partial charge in [0.2, 0.25) is 0 Å². The molecule has 4 nitrogen and oxygen atoms in total. The minimum atomic E-state index is -0.861. The molecule has 0 spiro atoms. The molecule has 132 valence electrons. The van der Waals surface area contributed by atoms with Crippen LogP contribution in [0.2, 0.25) is 0 Å². The average molecular weight is 332 g/mol. The van der Waals surface area contributed by atoms with Gasteiger partial charge < -0.3 is 14.6 Å². The van der Waals surface area contributed by atoms with Crippen molar-refractivity contribution in [3.63, 3.8) is 0 Å². The van der Waals surface area contributed by atoms with Gasteiger partial charge in [-0.1, -0.05) is 19.9 Å². The van der Waals surface area contributed by atoms with Crippen LogP contribution < -0.4 is 0 Å². The van der Waals surface area contributed by atoms with Gasteiger partial charge in [0, 0.05) is 11.0 Å². The van der Waals surface area contributed by atoms with Gasteiger partial charge in [0.1, 0.15) is 0 Å². The molecule has 0 saturated heterocycles. The summed E-state index contributed by atoms with van der Waals surface area (Å²) in [5, 5.41) is 19.9. The van der Waals surface area contributed by atoms with E-state index in [0.717, 1.165) is 38.5 Å². The number of carboxylic acids is 1.